The maximum absolute atomic E-state index is 14.6. The van der Waals surface area contributed by atoms with E-state index in [9.17, 15) is 14.4 Å². The summed E-state index contributed by atoms with van der Waals surface area (Å²) in [6, 6.07) is -0.182. The Hall–Kier alpha value is -4.83. The van der Waals surface area contributed by atoms with Gasteiger partial charge in [0.1, 0.15) is 18.1 Å². The number of allylic oxidation sites excluding steroid dienone is 3. The fourth-order valence-corrected chi connectivity index (χ4v) is 11.2. The van der Waals surface area contributed by atoms with Gasteiger partial charge < -0.3 is 30.1 Å². The zero-order valence-corrected chi connectivity index (χ0v) is 41.1. The minimum Gasteiger partial charge on any atom is -0.468 e. The number of esters is 2. The predicted molar refractivity (Wildman–Crippen MR) is 262 cm³/mol. The molecule has 4 aliphatic heterocycles. The van der Waals surface area contributed by atoms with Crippen LogP contribution in [0.15, 0.2) is 46.5 Å². The van der Waals surface area contributed by atoms with Gasteiger partial charge in [0.05, 0.1) is 12.8 Å². The molecule has 2 saturated heterocycles. The van der Waals surface area contributed by atoms with E-state index in [0.717, 1.165) is 87.2 Å². The molecule has 6 heterocycles. The summed E-state index contributed by atoms with van der Waals surface area (Å²) in [6.45, 7) is 25.1. The number of Topliss-reactive ketones (excluding diaryl/α,β-unsaturated/α-hetero) is 1. The SMILES string of the molecule is C=Cc1c(C)/c2[nH]/c1=C\c1[nH]c(c(CC)c1C)/C=C1\NC3=C(C(=O)[C@H](C(=O)OC)/C3=C3/NC(\C=2)[C@@H](C)[C@@H]3CCC(=O)OC/C=C(\C)CCC[C@H](C)CCC[C@H](C)CCCC(C)C)[C@@]12CN2. The van der Waals surface area contributed by atoms with Crippen molar-refractivity contribution < 1.29 is 23.9 Å². The lowest BCUT2D eigenvalue weighted by Gasteiger charge is -2.23. The van der Waals surface area contributed by atoms with E-state index in [2.05, 4.69) is 119 Å². The average molecular weight is 888 g/mol. The fourth-order valence-electron chi connectivity index (χ4n) is 11.2. The third kappa shape index (κ3) is 9.98. The van der Waals surface area contributed by atoms with E-state index in [4.69, 9.17) is 9.47 Å². The summed E-state index contributed by atoms with van der Waals surface area (Å²) >= 11 is 0. The van der Waals surface area contributed by atoms with Crippen molar-refractivity contribution in [3.8, 4) is 0 Å². The lowest BCUT2D eigenvalue weighted by molar-refractivity contribution is -0.147. The Morgan fingerprint density at radius 2 is 1.63 bits per heavy atom. The fraction of sp³-hybridized carbons (Fsp3) is 0.582. The number of hydrogen-bond donors (Lipinski definition) is 5. The van der Waals surface area contributed by atoms with Crippen molar-refractivity contribution in [1.29, 1.82) is 0 Å². The first-order valence-corrected chi connectivity index (χ1v) is 24.8. The van der Waals surface area contributed by atoms with Gasteiger partial charge in [-0.1, -0.05) is 105 Å². The van der Waals surface area contributed by atoms with Gasteiger partial charge in [-0.15, -0.1) is 0 Å². The monoisotopic (exact) mass is 888 g/mol. The van der Waals surface area contributed by atoms with Crippen molar-refractivity contribution in [3.63, 3.8) is 0 Å². The van der Waals surface area contributed by atoms with Crippen LogP contribution in [0.5, 0.6) is 0 Å². The second-order valence-corrected chi connectivity index (χ2v) is 20.5. The van der Waals surface area contributed by atoms with Crippen LogP contribution in [0.3, 0.4) is 0 Å². The van der Waals surface area contributed by atoms with Crippen LogP contribution in [-0.2, 0) is 30.3 Å². The van der Waals surface area contributed by atoms with E-state index in [0.29, 0.717) is 29.8 Å². The van der Waals surface area contributed by atoms with Gasteiger partial charge in [0.15, 0.2) is 5.78 Å². The number of fused-ring (bicyclic) bond motifs is 9. The molecule has 65 heavy (non-hydrogen) atoms. The van der Waals surface area contributed by atoms with Crippen LogP contribution in [-0.4, -0.2) is 59.5 Å². The van der Waals surface area contributed by atoms with Crippen LogP contribution >= 0.6 is 0 Å². The highest BCUT2D eigenvalue weighted by Crippen LogP contribution is 2.53. The van der Waals surface area contributed by atoms with Crippen molar-refractivity contribution in [2.24, 2.45) is 35.5 Å². The smallest absolute Gasteiger partial charge is 0.321 e. The summed E-state index contributed by atoms with van der Waals surface area (Å²) in [5.74, 6) is -0.0811. The van der Waals surface area contributed by atoms with Gasteiger partial charge in [0.2, 0.25) is 0 Å². The molecule has 8 bridgehead atoms. The highest BCUT2D eigenvalue weighted by Gasteiger charge is 2.63. The molecule has 10 nitrogen and oxygen atoms in total. The number of carbonyl (C=O) groups is 3. The number of rotatable bonds is 20. The lowest BCUT2D eigenvalue weighted by atomic mass is 9.83. The topological polar surface area (TPSA) is 147 Å². The van der Waals surface area contributed by atoms with Gasteiger partial charge in [-0.05, 0) is 111 Å². The second-order valence-electron chi connectivity index (χ2n) is 20.5. The summed E-state index contributed by atoms with van der Waals surface area (Å²) in [5.41, 5.74) is 10.5. The Kier molecular flexibility index (Phi) is 15.1. The molecule has 7 atom stereocenters. The summed E-state index contributed by atoms with van der Waals surface area (Å²) in [7, 11) is 1.34. The predicted octanol–water partition coefficient (Wildman–Crippen LogP) is 8.89. The van der Waals surface area contributed by atoms with Crippen molar-refractivity contribution in [1.82, 2.24) is 25.9 Å². The van der Waals surface area contributed by atoms with Crippen molar-refractivity contribution in [2.75, 3.05) is 20.3 Å². The number of methoxy groups -OCH3 is 1. The first-order chi connectivity index (χ1) is 31.1. The molecule has 352 valence electrons. The lowest BCUT2D eigenvalue weighted by Crippen LogP contribution is -2.34. The Morgan fingerprint density at radius 1 is 0.938 bits per heavy atom. The molecule has 0 amide bonds. The third-order valence-corrected chi connectivity index (χ3v) is 15.4. The van der Waals surface area contributed by atoms with E-state index in [1.54, 1.807) is 0 Å². The minimum atomic E-state index is -1.13. The van der Waals surface area contributed by atoms with Crippen LogP contribution in [0.25, 0.3) is 24.3 Å². The molecule has 2 aromatic rings. The second kappa shape index (κ2) is 20.4. The summed E-state index contributed by atoms with van der Waals surface area (Å²) in [6.07, 6.45) is 23.3. The first kappa shape index (κ1) is 48.1. The van der Waals surface area contributed by atoms with Gasteiger partial charge in [-0.25, -0.2) is 0 Å². The maximum atomic E-state index is 14.6. The number of ketones is 1. The Labute approximate surface area is 388 Å². The Bertz CT molecular complexity index is 2420. The quantitative estimate of drug-likeness (QED) is 0.0384. The van der Waals surface area contributed by atoms with Crippen molar-refractivity contribution in [3.05, 3.63) is 90.8 Å². The normalized spacial score (nSPS) is 27.1. The molecule has 5 aliphatic rings. The average Bonchev–Trinajstić information content (AvgIpc) is 3.49. The molecule has 7 rings (SSSR count). The van der Waals surface area contributed by atoms with Gasteiger partial charge in [-0.3, -0.25) is 19.7 Å². The standard InChI is InChI=1S/C55H77N5O5/c1-12-38-35(8)41-27-43-37(10)40(23-24-47(61)65-26-25-34(7)22-16-21-33(6)20-15-19-32(5)18-14-17-31(3)4)51(59-43)48-49(54(63)64-11)53(62)50-52(48)60-46(55(50)30-56-55)29-45-39(13-2)36(9)42(58-45)28-44(38)57-41/h12,25,27-29,31-33,37,40,43,49,56-60H,1,13-24,26,30H2,2-11H3/b34-25+,41-27-,44-28-,46-29-,51-48-/t32-,33-,37+,40+,43?,49-,55-/m1/s1. The van der Waals surface area contributed by atoms with E-state index >= 15 is 0 Å². The molecule has 0 saturated carbocycles. The highest BCUT2D eigenvalue weighted by atomic mass is 16.5. The number of H-pyrrole nitrogens is 2. The van der Waals surface area contributed by atoms with E-state index in [1.807, 2.05) is 6.08 Å². The maximum Gasteiger partial charge on any atom is 0.321 e. The highest BCUT2D eigenvalue weighted by molar-refractivity contribution is 6.18. The molecular weight excluding hydrogens is 811 g/mol. The van der Waals surface area contributed by atoms with Crippen LogP contribution in [0.1, 0.15) is 153 Å². The minimum absolute atomic E-state index is 0.00619. The van der Waals surface area contributed by atoms with E-state index < -0.39 is 17.4 Å². The number of aromatic nitrogens is 2. The zero-order chi connectivity index (χ0) is 46.7. The third-order valence-electron chi connectivity index (χ3n) is 15.4. The molecular formula is C55H77N5O5. The number of nitrogens with one attached hydrogen (secondary N) is 5. The molecule has 5 N–H and O–H groups in total. The number of ether oxygens (including phenoxy) is 2. The van der Waals surface area contributed by atoms with Gasteiger partial charge in [0.25, 0.3) is 0 Å². The molecule has 1 unspecified atom stereocenters. The van der Waals surface area contributed by atoms with Crippen LogP contribution in [0.4, 0.5) is 0 Å². The van der Waals surface area contributed by atoms with Crippen LogP contribution in [0.2, 0.25) is 0 Å². The molecule has 0 aromatic carbocycles. The van der Waals surface area contributed by atoms with Crippen LogP contribution in [0, 0.1) is 49.4 Å². The summed E-state index contributed by atoms with van der Waals surface area (Å²) in [4.78, 5) is 49.3. The van der Waals surface area contributed by atoms with Crippen molar-refractivity contribution in [2.45, 2.75) is 151 Å². The van der Waals surface area contributed by atoms with E-state index in [-0.39, 0.29) is 42.7 Å². The molecule has 2 aromatic heterocycles. The summed E-state index contributed by atoms with van der Waals surface area (Å²) in [5, 5.41) is 12.9. The molecule has 2 fully saturated rings. The van der Waals surface area contributed by atoms with Gasteiger partial charge >= 0.3 is 11.9 Å². The largest absolute Gasteiger partial charge is 0.468 e. The molecule has 1 spiro atoms. The number of hydrogen-bond acceptors (Lipinski definition) is 8. The molecule has 10 heteroatoms. The number of aromatic amines is 2. The van der Waals surface area contributed by atoms with E-state index in [1.165, 1.54) is 63.2 Å². The molecule has 0 radical (unpaired) electrons. The van der Waals surface area contributed by atoms with Gasteiger partial charge in [0, 0.05) is 75.1 Å². The van der Waals surface area contributed by atoms with Gasteiger partial charge in [-0.2, -0.15) is 0 Å². The van der Waals surface area contributed by atoms with Crippen molar-refractivity contribution >= 4 is 42.0 Å². The first-order valence-electron chi connectivity index (χ1n) is 24.8. The zero-order valence-electron chi connectivity index (χ0n) is 41.1. The Balaban J connectivity index is 1.10. The molecule has 1 aliphatic carbocycles. The summed E-state index contributed by atoms with van der Waals surface area (Å²) < 4.78 is 11.2. The number of carbonyl (C=O) groups excluding carboxylic acids is 3. The van der Waals surface area contributed by atoms with Crippen LogP contribution < -0.4 is 26.6 Å². The Morgan fingerprint density at radius 3 is 2.28 bits per heavy atom.